The van der Waals surface area contributed by atoms with Crippen LogP contribution in [0.3, 0.4) is 0 Å². The predicted molar refractivity (Wildman–Crippen MR) is 81.5 cm³/mol. The number of nitrogens with one attached hydrogen (secondary N) is 1. The van der Waals surface area contributed by atoms with E-state index in [9.17, 15) is 9.59 Å². The Morgan fingerprint density at radius 1 is 1.43 bits per heavy atom. The van der Waals surface area contributed by atoms with E-state index in [-0.39, 0.29) is 0 Å². The largest absolute Gasteiger partial charge is 0.480 e. The van der Waals surface area contributed by atoms with Crippen LogP contribution in [-0.2, 0) is 11.2 Å². The summed E-state index contributed by atoms with van der Waals surface area (Å²) in [6.45, 7) is 4.78. The van der Waals surface area contributed by atoms with Gasteiger partial charge in [0.1, 0.15) is 16.9 Å². The van der Waals surface area contributed by atoms with Gasteiger partial charge in [-0.15, -0.1) is 0 Å². The highest BCUT2D eigenvalue weighted by Crippen LogP contribution is 2.18. The molecule has 2 heterocycles. The molecule has 0 aliphatic rings. The maximum Gasteiger partial charge on any atom is 0.328 e. The van der Waals surface area contributed by atoms with Crippen molar-refractivity contribution < 1.29 is 14.7 Å². The van der Waals surface area contributed by atoms with Crippen LogP contribution in [0.15, 0.2) is 22.8 Å². The fraction of sp³-hybridized carbons (Fsp3) is 0.357. The molecule has 0 aromatic carbocycles. The molecule has 0 aliphatic heterocycles. The number of rotatable bonds is 4. The zero-order valence-corrected chi connectivity index (χ0v) is 13.6. The number of pyridine rings is 1. The van der Waals surface area contributed by atoms with Crippen molar-refractivity contribution in [3.05, 3.63) is 34.2 Å². The number of carboxylic acid groups (broad SMARTS) is 1. The number of aromatic nitrogens is 2. The van der Waals surface area contributed by atoms with Gasteiger partial charge in [0, 0.05) is 10.7 Å². The summed E-state index contributed by atoms with van der Waals surface area (Å²) in [6.07, 6.45) is 2.32. The summed E-state index contributed by atoms with van der Waals surface area (Å²) >= 11 is 3.36. The predicted octanol–water partition coefficient (Wildman–Crippen LogP) is 2.25. The van der Waals surface area contributed by atoms with Gasteiger partial charge in [-0.1, -0.05) is 6.92 Å². The lowest BCUT2D eigenvalue weighted by atomic mass is 10.1. The van der Waals surface area contributed by atoms with Gasteiger partial charge >= 0.3 is 5.97 Å². The Bertz CT molecular complexity index is 722. The highest BCUT2D eigenvalue weighted by atomic mass is 79.9. The van der Waals surface area contributed by atoms with Crippen LogP contribution < -0.4 is 5.32 Å². The average Bonchev–Trinajstić information content (AvgIpc) is 2.75. The number of nitrogens with zero attached hydrogens (tertiary/aromatic N) is 2. The first-order valence-electron chi connectivity index (χ1n) is 6.48. The van der Waals surface area contributed by atoms with Gasteiger partial charge < -0.3 is 10.4 Å². The molecule has 0 atom stereocenters. The molecule has 0 radical (unpaired) electrons. The van der Waals surface area contributed by atoms with Crippen molar-refractivity contribution in [2.75, 3.05) is 0 Å². The lowest BCUT2D eigenvalue weighted by molar-refractivity contribution is -0.143. The maximum absolute atomic E-state index is 12.5. The van der Waals surface area contributed by atoms with Crippen LogP contribution in [0, 0.1) is 0 Å². The third-order valence-electron chi connectivity index (χ3n) is 3.17. The van der Waals surface area contributed by atoms with Crippen LogP contribution in [0.25, 0.3) is 5.65 Å². The summed E-state index contributed by atoms with van der Waals surface area (Å²) in [5, 5.41) is 11.7. The minimum absolute atomic E-state index is 0.364. The van der Waals surface area contributed by atoms with Crippen molar-refractivity contribution in [1.82, 2.24) is 14.7 Å². The number of imidazole rings is 1. The fourth-order valence-corrected chi connectivity index (χ4v) is 2.29. The van der Waals surface area contributed by atoms with E-state index in [2.05, 4.69) is 26.2 Å². The van der Waals surface area contributed by atoms with Crippen molar-refractivity contribution in [3.8, 4) is 0 Å². The van der Waals surface area contributed by atoms with E-state index in [0.29, 0.717) is 23.5 Å². The molecule has 21 heavy (non-hydrogen) atoms. The second kappa shape index (κ2) is 5.48. The number of aliphatic carboxylic acids is 1. The molecule has 0 saturated carbocycles. The fourth-order valence-electron chi connectivity index (χ4n) is 1.95. The average molecular weight is 354 g/mol. The van der Waals surface area contributed by atoms with E-state index in [1.165, 1.54) is 13.8 Å². The van der Waals surface area contributed by atoms with Crippen molar-refractivity contribution in [1.29, 1.82) is 0 Å². The Hall–Kier alpha value is -1.89. The van der Waals surface area contributed by atoms with E-state index < -0.39 is 17.4 Å². The van der Waals surface area contributed by atoms with Gasteiger partial charge in [-0.25, -0.2) is 9.78 Å². The molecule has 0 unspecified atom stereocenters. The number of fused-ring (bicyclic) bond motifs is 1. The summed E-state index contributed by atoms with van der Waals surface area (Å²) in [5.41, 5.74) is 0.293. The summed E-state index contributed by atoms with van der Waals surface area (Å²) in [5.74, 6) is -1.55. The quantitative estimate of drug-likeness (QED) is 0.882. The van der Waals surface area contributed by atoms with E-state index in [1.54, 1.807) is 16.7 Å². The number of carbonyl (C=O) groups is 2. The minimum Gasteiger partial charge on any atom is -0.480 e. The van der Waals surface area contributed by atoms with Crippen molar-refractivity contribution in [2.24, 2.45) is 0 Å². The number of hydrogen-bond donors (Lipinski definition) is 2. The molecule has 0 saturated heterocycles. The summed E-state index contributed by atoms with van der Waals surface area (Å²) in [6, 6.07) is 3.63. The van der Waals surface area contributed by atoms with Gasteiger partial charge in [-0.05, 0) is 48.3 Å². The standard InChI is InChI=1S/C14H16BrN3O3/c1-4-9-11(12(19)17-14(2,3)13(20)21)18-7-8(15)5-6-10(18)16-9/h5-7H,4H2,1-3H3,(H,17,19)(H,20,21). The minimum atomic E-state index is -1.35. The lowest BCUT2D eigenvalue weighted by Gasteiger charge is -2.21. The lowest BCUT2D eigenvalue weighted by Crippen LogP contribution is -2.50. The van der Waals surface area contributed by atoms with Crippen LogP contribution in [-0.4, -0.2) is 31.9 Å². The van der Waals surface area contributed by atoms with Gasteiger partial charge in [0.25, 0.3) is 5.91 Å². The Morgan fingerprint density at radius 3 is 2.67 bits per heavy atom. The third kappa shape index (κ3) is 2.92. The maximum atomic E-state index is 12.5. The molecule has 0 aliphatic carbocycles. The van der Waals surface area contributed by atoms with Crippen molar-refractivity contribution >= 4 is 33.5 Å². The molecule has 0 fully saturated rings. The zero-order chi connectivity index (χ0) is 15.8. The first kappa shape index (κ1) is 15.5. The first-order valence-corrected chi connectivity index (χ1v) is 7.28. The van der Waals surface area contributed by atoms with Gasteiger partial charge in [0.05, 0.1) is 5.69 Å². The normalized spacial score (nSPS) is 11.6. The Balaban J connectivity index is 2.52. The van der Waals surface area contributed by atoms with E-state index in [4.69, 9.17) is 5.11 Å². The number of halogens is 1. The summed E-state index contributed by atoms with van der Waals surface area (Å²) in [4.78, 5) is 28.0. The topological polar surface area (TPSA) is 83.7 Å². The molecule has 2 aromatic rings. The van der Waals surface area contributed by atoms with Crippen LogP contribution in [0.2, 0.25) is 0 Å². The van der Waals surface area contributed by atoms with E-state index >= 15 is 0 Å². The molecular weight excluding hydrogens is 338 g/mol. The smallest absolute Gasteiger partial charge is 0.328 e. The van der Waals surface area contributed by atoms with E-state index in [0.717, 1.165) is 4.47 Å². The molecule has 2 N–H and O–H groups in total. The molecule has 112 valence electrons. The van der Waals surface area contributed by atoms with Gasteiger partial charge in [-0.3, -0.25) is 9.20 Å². The molecule has 1 amide bonds. The van der Waals surface area contributed by atoms with Crippen LogP contribution >= 0.6 is 15.9 Å². The zero-order valence-electron chi connectivity index (χ0n) is 12.0. The van der Waals surface area contributed by atoms with Crippen LogP contribution in [0.1, 0.15) is 37.0 Å². The number of aryl methyl sites for hydroxylation is 1. The Morgan fingerprint density at radius 2 is 2.10 bits per heavy atom. The highest BCUT2D eigenvalue weighted by Gasteiger charge is 2.31. The Kier molecular flexibility index (Phi) is 4.04. The van der Waals surface area contributed by atoms with Gasteiger partial charge in [0.15, 0.2) is 0 Å². The van der Waals surface area contributed by atoms with Crippen LogP contribution in [0.4, 0.5) is 0 Å². The highest BCUT2D eigenvalue weighted by molar-refractivity contribution is 9.10. The van der Waals surface area contributed by atoms with E-state index in [1.807, 2.05) is 13.0 Å². The number of hydrogen-bond acceptors (Lipinski definition) is 3. The van der Waals surface area contributed by atoms with Crippen LogP contribution in [0.5, 0.6) is 0 Å². The molecule has 2 aromatic heterocycles. The Labute approximate surface area is 130 Å². The molecule has 0 bridgehead atoms. The molecule has 2 rings (SSSR count). The number of carboxylic acids is 1. The monoisotopic (exact) mass is 353 g/mol. The summed E-state index contributed by atoms with van der Waals surface area (Å²) < 4.78 is 2.47. The van der Waals surface area contributed by atoms with Gasteiger partial charge in [0.2, 0.25) is 0 Å². The molecule has 7 heteroatoms. The second-order valence-corrected chi connectivity index (χ2v) is 6.14. The molecular formula is C14H16BrN3O3. The second-order valence-electron chi connectivity index (χ2n) is 5.22. The van der Waals surface area contributed by atoms with Gasteiger partial charge in [-0.2, -0.15) is 0 Å². The number of carbonyl (C=O) groups excluding carboxylic acids is 1. The number of amides is 1. The molecule has 6 nitrogen and oxygen atoms in total. The SMILES string of the molecule is CCc1nc2ccc(Br)cn2c1C(=O)NC(C)(C)C(=O)O. The first-order chi connectivity index (χ1) is 9.76. The third-order valence-corrected chi connectivity index (χ3v) is 3.63. The van der Waals surface area contributed by atoms with Crippen molar-refractivity contribution in [2.45, 2.75) is 32.7 Å². The summed E-state index contributed by atoms with van der Waals surface area (Å²) in [7, 11) is 0. The van der Waals surface area contributed by atoms with Crippen molar-refractivity contribution in [3.63, 3.8) is 0 Å². The molecule has 0 spiro atoms.